The first kappa shape index (κ1) is 16.9. The highest BCUT2D eigenvalue weighted by atomic mass is 35.5. The topological polar surface area (TPSA) is 74.4 Å². The number of thioether (sulfide) groups is 1. The fourth-order valence-corrected chi connectivity index (χ4v) is 3.39. The minimum absolute atomic E-state index is 0.471. The van der Waals surface area contributed by atoms with Gasteiger partial charge in [-0.3, -0.25) is 0 Å². The molecule has 0 atom stereocenters. The zero-order chi connectivity index (χ0) is 18.3. The van der Waals surface area contributed by atoms with Crippen molar-refractivity contribution >= 4 is 40.0 Å². The number of rotatable bonds is 4. The standard InChI is InChI=1S/C17H14ClN5O2S/c1-24-10-5-11(14(18)13(6-10)25-2)12-4-9-7-19-17(26-3)22-15(9)23-16(12)20-8-21-23/h4-8H,1-3H3. The number of aromatic nitrogens is 5. The highest BCUT2D eigenvalue weighted by molar-refractivity contribution is 7.98. The largest absolute Gasteiger partial charge is 0.497 e. The van der Waals surface area contributed by atoms with Crippen LogP contribution in [0.2, 0.25) is 5.02 Å². The third-order valence-electron chi connectivity index (χ3n) is 4.00. The maximum atomic E-state index is 6.57. The summed E-state index contributed by atoms with van der Waals surface area (Å²) < 4.78 is 12.4. The summed E-state index contributed by atoms with van der Waals surface area (Å²) in [6.07, 6.45) is 5.19. The smallest absolute Gasteiger partial charge is 0.189 e. The predicted molar refractivity (Wildman–Crippen MR) is 101 cm³/mol. The normalized spacial score (nSPS) is 11.2. The minimum Gasteiger partial charge on any atom is -0.497 e. The van der Waals surface area contributed by atoms with Gasteiger partial charge in [-0.2, -0.15) is 9.61 Å². The lowest BCUT2D eigenvalue weighted by molar-refractivity contribution is 0.395. The summed E-state index contributed by atoms with van der Waals surface area (Å²) in [4.78, 5) is 13.3. The Bertz CT molecular complexity index is 1130. The van der Waals surface area contributed by atoms with Crippen LogP contribution in [0.4, 0.5) is 0 Å². The number of benzene rings is 1. The third-order valence-corrected chi connectivity index (χ3v) is 4.96. The molecule has 0 spiro atoms. The molecule has 9 heteroatoms. The Morgan fingerprint density at radius 3 is 2.62 bits per heavy atom. The van der Waals surface area contributed by atoms with E-state index in [1.165, 1.54) is 18.1 Å². The molecule has 0 aliphatic rings. The van der Waals surface area contributed by atoms with Crippen LogP contribution in [0.15, 0.2) is 35.9 Å². The Kier molecular flexibility index (Phi) is 4.29. The number of hydrogen-bond acceptors (Lipinski definition) is 7. The summed E-state index contributed by atoms with van der Waals surface area (Å²) in [5.74, 6) is 1.15. The van der Waals surface area contributed by atoms with Crippen molar-refractivity contribution in [2.45, 2.75) is 5.16 Å². The van der Waals surface area contributed by atoms with Gasteiger partial charge in [0.2, 0.25) is 0 Å². The summed E-state index contributed by atoms with van der Waals surface area (Å²) in [5, 5.41) is 6.29. The molecule has 0 saturated heterocycles. The van der Waals surface area contributed by atoms with Gasteiger partial charge in [0.25, 0.3) is 0 Å². The molecule has 1 aromatic carbocycles. The Labute approximate surface area is 158 Å². The van der Waals surface area contributed by atoms with E-state index in [1.807, 2.05) is 18.4 Å². The second kappa shape index (κ2) is 6.62. The van der Waals surface area contributed by atoms with Crippen molar-refractivity contribution in [2.75, 3.05) is 20.5 Å². The zero-order valence-electron chi connectivity index (χ0n) is 14.2. The summed E-state index contributed by atoms with van der Waals surface area (Å²) >= 11 is 8.04. The van der Waals surface area contributed by atoms with Crippen LogP contribution in [0.25, 0.3) is 27.8 Å². The third kappa shape index (κ3) is 2.62. The molecule has 7 nitrogen and oxygen atoms in total. The lowest BCUT2D eigenvalue weighted by Gasteiger charge is -2.13. The van der Waals surface area contributed by atoms with Crippen molar-refractivity contribution in [2.24, 2.45) is 0 Å². The van der Waals surface area contributed by atoms with E-state index in [0.717, 1.165) is 16.5 Å². The molecule has 3 heterocycles. The van der Waals surface area contributed by atoms with E-state index in [-0.39, 0.29) is 0 Å². The molecular weight excluding hydrogens is 374 g/mol. The number of pyridine rings is 1. The molecule has 0 fully saturated rings. The van der Waals surface area contributed by atoms with Crippen LogP contribution >= 0.6 is 23.4 Å². The van der Waals surface area contributed by atoms with Gasteiger partial charge < -0.3 is 9.47 Å². The van der Waals surface area contributed by atoms with Gasteiger partial charge in [0.05, 0.1) is 19.2 Å². The first-order valence-corrected chi connectivity index (χ1v) is 9.22. The van der Waals surface area contributed by atoms with Crippen LogP contribution in [0.1, 0.15) is 0 Å². The lowest BCUT2D eigenvalue weighted by atomic mass is 10.0. The Hall–Kier alpha value is -2.58. The van der Waals surface area contributed by atoms with E-state index in [0.29, 0.717) is 33.0 Å². The summed E-state index contributed by atoms with van der Waals surface area (Å²) in [6, 6.07) is 5.53. The fourth-order valence-electron chi connectivity index (χ4n) is 2.77. The SMILES string of the molecule is COc1cc(OC)c(Cl)c(-c2cc3cnc(SC)nc3n3ncnc23)c1. The lowest BCUT2D eigenvalue weighted by Crippen LogP contribution is -1.99. The molecule has 0 unspecified atom stereocenters. The van der Waals surface area contributed by atoms with Crippen molar-refractivity contribution in [3.63, 3.8) is 0 Å². The molecule has 132 valence electrons. The van der Waals surface area contributed by atoms with Crippen molar-refractivity contribution in [1.29, 1.82) is 0 Å². The average Bonchev–Trinajstić information content (AvgIpc) is 3.17. The number of halogens is 1. The number of methoxy groups -OCH3 is 2. The van der Waals surface area contributed by atoms with Crippen LogP contribution in [-0.4, -0.2) is 45.0 Å². The van der Waals surface area contributed by atoms with Crippen LogP contribution in [0, 0.1) is 0 Å². The first-order chi connectivity index (χ1) is 12.7. The van der Waals surface area contributed by atoms with Gasteiger partial charge in [-0.1, -0.05) is 23.4 Å². The summed E-state index contributed by atoms with van der Waals surface area (Å²) in [7, 11) is 3.16. The maximum Gasteiger partial charge on any atom is 0.189 e. The van der Waals surface area contributed by atoms with Crippen molar-refractivity contribution in [3.05, 3.63) is 35.7 Å². The highest BCUT2D eigenvalue weighted by Gasteiger charge is 2.18. The van der Waals surface area contributed by atoms with Crippen LogP contribution in [0.5, 0.6) is 11.5 Å². The van der Waals surface area contributed by atoms with Crippen LogP contribution < -0.4 is 9.47 Å². The average molecular weight is 388 g/mol. The number of fused-ring (bicyclic) bond motifs is 3. The van der Waals surface area contributed by atoms with Gasteiger partial charge in [-0.05, 0) is 18.4 Å². The molecular formula is C17H14ClN5O2S. The molecule has 0 amide bonds. The van der Waals surface area contributed by atoms with Gasteiger partial charge in [0.1, 0.15) is 17.8 Å². The monoisotopic (exact) mass is 387 g/mol. The number of ether oxygens (including phenoxy) is 2. The molecule has 3 aromatic heterocycles. The first-order valence-electron chi connectivity index (χ1n) is 7.61. The highest BCUT2D eigenvalue weighted by Crippen LogP contribution is 2.41. The van der Waals surface area contributed by atoms with E-state index in [4.69, 9.17) is 21.1 Å². The molecule has 0 saturated carbocycles. The second-order valence-electron chi connectivity index (χ2n) is 5.38. The van der Waals surface area contributed by atoms with Crippen molar-refractivity contribution in [1.82, 2.24) is 24.6 Å². The fraction of sp³-hybridized carbons (Fsp3) is 0.176. The van der Waals surface area contributed by atoms with Crippen molar-refractivity contribution in [3.8, 4) is 22.6 Å². The Morgan fingerprint density at radius 2 is 1.88 bits per heavy atom. The van der Waals surface area contributed by atoms with E-state index < -0.39 is 0 Å². The van der Waals surface area contributed by atoms with Gasteiger partial charge in [-0.15, -0.1) is 0 Å². The van der Waals surface area contributed by atoms with E-state index in [2.05, 4.69) is 20.1 Å². The molecule has 0 aliphatic carbocycles. The molecule has 0 N–H and O–H groups in total. The van der Waals surface area contributed by atoms with Gasteiger partial charge in [0.15, 0.2) is 16.5 Å². The molecule has 0 radical (unpaired) electrons. The van der Waals surface area contributed by atoms with Crippen LogP contribution in [-0.2, 0) is 0 Å². The number of hydrogen-bond donors (Lipinski definition) is 0. The molecule has 0 aliphatic heterocycles. The van der Waals surface area contributed by atoms with Crippen LogP contribution in [0.3, 0.4) is 0 Å². The quantitative estimate of drug-likeness (QED) is 0.390. The summed E-state index contributed by atoms with van der Waals surface area (Å²) in [5.41, 5.74) is 2.85. The second-order valence-corrected chi connectivity index (χ2v) is 6.53. The summed E-state index contributed by atoms with van der Waals surface area (Å²) in [6.45, 7) is 0. The molecule has 4 aromatic rings. The molecule has 4 rings (SSSR count). The van der Waals surface area contributed by atoms with Gasteiger partial charge >= 0.3 is 0 Å². The Morgan fingerprint density at radius 1 is 1.04 bits per heavy atom. The molecule has 0 bridgehead atoms. The Balaban J connectivity index is 2.07. The van der Waals surface area contributed by atoms with E-state index in [9.17, 15) is 0 Å². The van der Waals surface area contributed by atoms with Gasteiger partial charge in [-0.25, -0.2) is 15.0 Å². The minimum atomic E-state index is 0.471. The molecule has 26 heavy (non-hydrogen) atoms. The maximum absolute atomic E-state index is 6.57. The van der Waals surface area contributed by atoms with E-state index >= 15 is 0 Å². The predicted octanol–water partition coefficient (Wildman–Crippen LogP) is 3.73. The van der Waals surface area contributed by atoms with Crippen molar-refractivity contribution < 1.29 is 9.47 Å². The zero-order valence-corrected chi connectivity index (χ0v) is 15.8. The van der Waals surface area contributed by atoms with Gasteiger partial charge in [0, 0.05) is 28.8 Å². The van der Waals surface area contributed by atoms with E-state index in [1.54, 1.807) is 31.0 Å². The number of nitrogens with zero attached hydrogens (tertiary/aromatic N) is 5.